The Balaban J connectivity index is 2.12. The summed E-state index contributed by atoms with van der Waals surface area (Å²) in [5.74, 6) is 0.738. The van der Waals surface area contributed by atoms with Crippen molar-refractivity contribution in [1.29, 1.82) is 0 Å². The average Bonchev–Trinajstić information content (AvgIpc) is 2.41. The summed E-state index contributed by atoms with van der Waals surface area (Å²) >= 11 is 0. The fourth-order valence-corrected chi connectivity index (χ4v) is 2.96. The zero-order chi connectivity index (χ0) is 11.7. The molecule has 0 radical (unpaired) electrons. The van der Waals surface area contributed by atoms with E-state index in [0.717, 1.165) is 19.0 Å². The molecule has 1 fully saturated rings. The minimum absolute atomic E-state index is 0.738. The Labute approximate surface area is 103 Å². The molecule has 1 aliphatic heterocycles. The van der Waals surface area contributed by atoms with E-state index in [1.165, 1.54) is 29.2 Å². The summed E-state index contributed by atoms with van der Waals surface area (Å²) in [5.41, 5.74) is 2.94. The fourth-order valence-electron chi connectivity index (χ4n) is 2.96. The predicted octanol–water partition coefficient (Wildman–Crippen LogP) is 3.62. The smallest absolute Gasteiger partial charge is 0.00431 e. The van der Waals surface area contributed by atoms with Gasteiger partial charge in [-0.3, -0.25) is 0 Å². The molecule has 1 heteroatoms. The lowest BCUT2D eigenvalue weighted by Gasteiger charge is -2.24. The topological polar surface area (TPSA) is 12.0 Å². The van der Waals surface area contributed by atoms with Crippen molar-refractivity contribution in [2.45, 2.75) is 25.7 Å². The highest BCUT2D eigenvalue weighted by Crippen LogP contribution is 2.32. The van der Waals surface area contributed by atoms with Gasteiger partial charge in [0.1, 0.15) is 0 Å². The highest BCUT2D eigenvalue weighted by molar-refractivity contribution is 5.89. The number of fused-ring (bicyclic) bond motifs is 1. The summed E-state index contributed by atoms with van der Waals surface area (Å²) in [4.78, 5) is 0. The van der Waals surface area contributed by atoms with Gasteiger partial charge in [0.15, 0.2) is 0 Å². The van der Waals surface area contributed by atoms with E-state index in [9.17, 15) is 0 Å². The molecular formula is C16H19N. The van der Waals surface area contributed by atoms with Crippen molar-refractivity contribution in [2.24, 2.45) is 0 Å². The van der Waals surface area contributed by atoms with Gasteiger partial charge in [-0.15, -0.1) is 0 Å². The Morgan fingerprint density at radius 2 is 1.65 bits per heavy atom. The first-order chi connectivity index (χ1) is 8.36. The molecule has 2 aromatic rings. The second-order valence-corrected chi connectivity index (χ2v) is 5.04. The highest BCUT2D eigenvalue weighted by Gasteiger charge is 2.17. The van der Waals surface area contributed by atoms with Crippen LogP contribution in [0.4, 0.5) is 0 Å². The molecule has 2 aromatic carbocycles. The minimum Gasteiger partial charge on any atom is -0.317 e. The second-order valence-electron chi connectivity index (χ2n) is 5.04. The van der Waals surface area contributed by atoms with E-state index >= 15 is 0 Å². The lowest BCUT2D eigenvalue weighted by Crippen LogP contribution is -2.26. The third-order valence-electron chi connectivity index (χ3n) is 3.95. The van der Waals surface area contributed by atoms with Crippen molar-refractivity contribution in [3.63, 3.8) is 0 Å². The molecule has 1 saturated heterocycles. The van der Waals surface area contributed by atoms with Crippen LogP contribution in [0.1, 0.15) is 29.9 Å². The second kappa shape index (κ2) is 4.50. The van der Waals surface area contributed by atoms with Crippen LogP contribution in [0.2, 0.25) is 0 Å². The van der Waals surface area contributed by atoms with E-state index in [0.29, 0.717) is 0 Å². The molecule has 1 nitrogen and oxygen atoms in total. The molecule has 0 aromatic heterocycles. The normalized spacial score (nSPS) is 17.5. The summed E-state index contributed by atoms with van der Waals surface area (Å²) in [6, 6.07) is 13.4. The predicted molar refractivity (Wildman–Crippen MR) is 73.5 cm³/mol. The molecule has 0 atom stereocenters. The van der Waals surface area contributed by atoms with Crippen LogP contribution >= 0.6 is 0 Å². The van der Waals surface area contributed by atoms with Gasteiger partial charge in [0.2, 0.25) is 0 Å². The molecule has 0 aliphatic carbocycles. The molecule has 1 N–H and O–H groups in total. The van der Waals surface area contributed by atoms with Crippen LogP contribution in [0.15, 0.2) is 36.4 Å². The van der Waals surface area contributed by atoms with Gasteiger partial charge in [0, 0.05) is 0 Å². The molecule has 0 bridgehead atoms. The quantitative estimate of drug-likeness (QED) is 0.781. The van der Waals surface area contributed by atoms with Gasteiger partial charge in [0.05, 0.1) is 0 Å². The number of aryl methyl sites for hydroxylation is 1. The van der Waals surface area contributed by atoms with Crippen molar-refractivity contribution >= 4 is 10.8 Å². The van der Waals surface area contributed by atoms with Crippen LogP contribution in [0.5, 0.6) is 0 Å². The number of hydrogen-bond acceptors (Lipinski definition) is 1. The summed E-state index contributed by atoms with van der Waals surface area (Å²) in [6.07, 6.45) is 2.54. The lowest BCUT2D eigenvalue weighted by molar-refractivity contribution is 0.462. The first kappa shape index (κ1) is 10.8. The van der Waals surface area contributed by atoms with Crippen LogP contribution in [-0.2, 0) is 0 Å². The molecule has 0 unspecified atom stereocenters. The van der Waals surface area contributed by atoms with Gasteiger partial charge in [-0.2, -0.15) is 0 Å². The zero-order valence-electron chi connectivity index (χ0n) is 10.4. The van der Waals surface area contributed by atoms with Crippen molar-refractivity contribution in [2.75, 3.05) is 13.1 Å². The monoisotopic (exact) mass is 225 g/mol. The Morgan fingerprint density at radius 3 is 2.41 bits per heavy atom. The maximum absolute atomic E-state index is 3.44. The average molecular weight is 225 g/mol. The standard InChI is InChI=1S/C16H19N/c1-12-6-7-15(13-8-10-17-11-9-13)16-5-3-2-4-14(12)16/h2-7,13,17H,8-11H2,1H3. The Morgan fingerprint density at radius 1 is 0.941 bits per heavy atom. The fraction of sp³-hybridized carbons (Fsp3) is 0.375. The van der Waals surface area contributed by atoms with Gasteiger partial charge >= 0.3 is 0 Å². The van der Waals surface area contributed by atoms with Crippen LogP contribution in [-0.4, -0.2) is 13.1 Å². The maximum atomic E-state index is 3.44. The van der Waals surface area contributed by atoms with Crippen molar-refractivity contribution in [3.05, 3.63) is 47.5 Å². The summed E-state index contributed by atoms with van der Waals surface area (Å²) < 4.78 is 0. The molecule has 0 saturated carbocycles. The molecule has 17 heavy (non-hydrogen) atoms. The van der Waals surface area contributed by atoms with E-state index in [1.54, 1.807) is 5.56 Å². The van der Waals surface area contributed by atoms with Crippen molar-refractivity contribution < 1.29 is 0 Å². The van der Waals surface area contributed by atoms with E-state index in [-0.39, 0.29) is 0 Å². The number of benzene rings is 2. The van der Waals surface area contributed by atoms with Crippen LogP contribution in [0, 0.1) is 6.92 Å². The van der Waals surface area contributed by atoms with Crippen molar-refractivity contribution in [1.82, 2.24) is 5.32 Å². The number of nitrogens with one attached hydrogen (secondary N) is 1. The highest BCUT2D eigenvalue weighted by atomic mass is 14.9. The van der Waals surface area contributed by atoms with Crippen LogP contribution in [0.3, 0.4) is 0 Å². The SMILES string of the molecule is Cc1ccc(C2CCNCC2)c2ccccc12. The Bertz CT molecular complexity index is 524. The summed E-state index contributed by atoms with van der Waals surface area (Å²) in [5, 5.41) is 6.32. The molecule has 0 spiro atoms. The summed E-state index contributed by atoms with van der Waals surface area (Å²) in [7, 11) is 0. The van der Waals surface area contributed by atoms with Gasteiger partial charge in [-0.25, -0.2) is 0 Å². The first-order valence-corrected chi connectivity index (χ1v) is 6.55. The lowest BCUT2D eigenvalue weighted by atomic mass is 9.86. The number of rotatable bonds is 1. The van der Waals surface area contributed by atoms with E-state index < -0.39 is 0 Å². The Hall–Kier alpha value is -1.34. The number of piperidine rings is 1. The van der Waals surface area contributed by atoms with E-state index in [1.807, 2.05) is 0 Å². The maximum Gasteiger partial charge on any atom is -0.00431 e. The summed E-state index contributed by atoms with van der Waals surface area (Å²) in [6.45, 7) is 4.52. The molecule has 1 heterocycles. The van der Waals surface area contributed by atoms with Gasteiger partial charge in [-0.1, -0.05) is 36.4 Å². The molecule has 88 valence electrons. The van der Waals surface area contributed by atoms with Gasteiger partial charge in [-0.05, 0) is 60.7 Å². The molecule has 0 amide bonds. The third kappa shape index (κ3) is 1.96. The first-order valence-electron chi connectivity index (χ1n) is 6.55. The van der Waals surface area contributed by atoms with E-state index in [4.69, 9.17) is 0 Å². The number of hydrogen-bond donors (Lipinski definition) is 1. The molecular weight excluding hydrogens is 206 g/mol. The molecule has 3 rings (SSSR count). The van der Waals surface area contributed by atoms with Crippen LogP contribution < -0.4 is 5.32 Å². The van der Waals surface area contributed by atoms with E-state index in [2.05, 4.69) is 48.6 Å². The van der Waals surface area contributed by atoms with Gasteiger partial charge in [0.25, 0.3) is 0 Å². The minimum atomic E-state index is 0.738. The molecule has 1 aliphatic rings. The van der Waals surface area contributed by atoms with Crippen molar-refractivity contribution in [3.8, 4) is 0 Å². The van der Waals surface area contributed by atoms with Gasteiger partial charge < -0.3 is 5.32 Å². The Kier molecular flexibility index (Phi) is 2.86. The van der Waals surface area contributed by atoms with Crippen LogP contribution in [0.25, 0.3) is 10.8 Å². The zero-order valence-corrected chi connectivity index (χ0v) is 10.4. The third-order valence-corrected chi connectivity index (χ3v) is 3.95. The largest absolute Gasteiger partial charge is 0.317 e.